The van der Waals surface area contributed by atoms with Gasteiger partial charge in [-0.2, -0.15) is 4.98 Å². The third kappa shape index (κ3) is 4.49. The second-order valence-corrected chi connectivity index (χ2v) is 7.83. The number of anilines is 2. The van der Waals surface area contributed by atoms with Crippen LogP contribution < -0.4 is 16.0 Å². The minimum Gasteiger partial charge on any atom is -0.339 e. The number of aromatic nitrogens is 4. The molecule has 28 heavy (non-hydrogen) atoms. The monoisotopic (exact) mass is 394 g/mol. The number of hydrogen-bond donors (Lipinski definition) is 4. The Hall–Kier alpha value is -2.91. The average Bonchev–Trinajstić information content (AvgIpc) is 3.23. The summed E-state index contributed by atoms with van der Waals surface area (Å²) in [6, 6.07) is 7.47. The lowest BCUT2D eigenvalue weighted by molar-refractivity contribution is -0.442. The van der Waals surface area contributed by atoms with Crippen LogP contribution in [0.25, 0.3) is 11.0 Å². The van der Waals surface area contributed by atoms with Crippen LogP contribution in [0.15, 0.2) is 43.0 Å². The quantitative estimate of drug-likeness (QED) is 0.391. The predicted molar refractivity (Wildman–Crippen MR) is 111 cm³/mol. The highest BCUT2D eigenvalue weighted by Crippen LogP contribution is 2.28. The molecule has 1 aliphatic carbocycles. The number of pyridine rings is 2. The zero-order valence-electron chi connectivity index (χ0n) is 15.3. The Morgan fingerprint density at radius 2 is 2.04 bits per heavy atom. The van der Waals surface area contributed by atoms with Gasteiger partial charge < -0.3 is 5.32 Å². The van der Waals surface area contributed by atoms with Gasteiger partial charge >= 0.3 is 0 Å². The van der Waals surface area contributed by atoms with Crippen LogP contribution in [0.1, 0.15) is 25.7 Å². The normalized spacial score (nSPS) is 14.3. The number of rotatable bonds is 4. The van der Waals surface area contributed by atoms with Gasteiger partial charge in [-0.3, -0.25) is 10.4 Å². The fourth-order valence-electron chi connectivity index (χ4n) is 3.27. The lowest BCUT2D eigenvalue weighted by atomic mass is 10.1. The van der Waals surface area contributed by atoms with Crippen LogP contribution in [0.2, 0.25) is 0 Å². The van der Waals surface area contributed by atoms with Crippen molar-refractivity contribution < 1.29 is 10.7 Å². The van der Waals surface area contributed by atoms with Crippen LogP contribution in [0.3, 0.4) is 0 Å². The van der Waals surface area contributed by atoms with Gasteiger partial charge in [0.15, 0.2) is 0 Å². The molecule has 0 radical (unpaired) electrons. The number of nitrogens with one attached hydrogen (secondary N) is 2. The summed E-state index contributed by atoms with van der Waals surface area (Å²) < 4.78 is 0. The van der Waals surface area contributed by atoms with Gasteiger partial charge in [-0.25, -0.2) is 20.7 Å². The molecular formula is C19H22N8S+2. The molecule has 0 amide bonds. The molecule has 142 valence electrons. The second-order valence-electron chi connectivity index (χ2n) is 6.71. The summed E-state index contributed by atoms with van der Waals surface area (Å²) in [7, 11) is 0. The highest BCUT2D eigenvalue weighted by molar-refractivity contribution is 8.25. The predicted octanol–water partition coefficient (Wildman–Crippen LogP) is 1.37. The first kappa shape index (κ1) is 18.5. The number of nitrogens with two attached hydrogens (primary N) is 2. The van der Waals surface area contributed by atoms with Crippen LogP contribution in [0, 0.1) is 11.3 Å². The van der Waals surface area contributed by atoms with Crippen molar-refractivity contribution in [1.82, 2.24) is 19.9 Å². The van der Waals surface area contributed by atoms with Gasteiger partial charge in [0.05, 0.1) is 40.6 Å². The number of hydrogen-bond acceptors (Lipinski definition) is 7. The fraction of sp³-hybridized carbons (Fsp3) is 0.263. The van der Waals surface area contributed by atoms with Crippen LogP contribution in [0.4, 0.5) is 17.3 Å². The fourth-order valence-corrected chi connectivity index (χ4v) is 4.10. The van der Waals surface area contributed by atoms with E-state index in [4.69, 9.17) is 10.8 Å². The topological polar surface area (TPSA) is 130 Å². The molecule has 9 heteroatoms. The zero-order valence-corrected chi connectivity index (χ0v) is 16.1. The Morgan fingerprint density at radius 3 is 2.82 bits per heavy atom. The van der Waals surface area contributed by atoms with Crippen LogP contribution in [-0.2, 0) is 0 Å². The maximum atomic E-state index is 8.24. The third-order valence-corrected chi connectivity index (χ3v) is 5.58. The second kappa shape index (κ2) is 8.41. The van der Waals surface area contributed by atoms with Gasteiger partial charge in [0.2, 0.25) is 10.9 Å². The molecule has 3 aromatic rings. The molecule has 0 unspecified atom stereocenters. The molecule has 1 aliphatic rings. The van der Waals surface area contributed by atoms with E-state index in [0.29, 0.717) is 22.7 Å². The van der Waals surface area contributed by atoms with Crippen LogP contribution in [-0.4, -0.2) is 30.1 Å². The van der Waals surface area contributed by atoms with Crippen molar-refractivity contribution in [2.75, 3.05) is 5.32 Å². The third-order valence-electron chi connectivity index (χ3n) is 4.68. The van der Waals surface area contributed by atoms with Crippen LogP contribution >= 0.6 is 11.8 Å². The summed E-state index contributed by atoms with van der Waals surface area (Å²) in [6.07, 6.45) is 9.63. The van der Waals surface area contributed by atoms with Gasteiger partial charge in [0.1, 0.15) is 12.1 Å². The van der Waals surface area contributed by atoms with Crippen molar-refractivity contribution in [3.63, 3.8) is 0 Å². The molecule has 0 aromatic carbocycles. The number of thioether (sulfide) groups is 1. The first-order valence-electron chi connectivity index (χ1n) is 9.21. The first-order valence-corrected chi connectivity index (χ1v) is 10.0. The molecule has 8 nitrogen and oxygen atoms in total. The minimum atomic E-state index is 0.402. The van der Waals surface area contributed by atoms with E-state index in [1.54, 1.807) is 23.8 Å². The smallest absolute Gasteiger partial charge is 0.269 e. The number of nitrogens with zero attached hydrogens (tertiary/aromatic N) is 4. The minimum absolute atomic E-state index is 0.402. The van der Waals surface area contributed by atoms with E-state index < -0.39 is 0 Å². The number of amidine groups is 1. The summed E-state index contributed by atoms with van der Waals surface area (Å²) in [4.78, 5) is 17.1. The van der Waals surface area contributed by atoms with E-state index in [0.717, 1.165) is 34.6 Å². The highest BCUT2D eigenvalue weighted by Gasteiger charge is 2.27. The van der Waals surface area contributed by atoms with Crippen molar-refractivity contribution in [3.05, 3.63) is 43.0 Å². The Kier molecular flexibility index (Phi) is 5.54. The Morgan fingerprint density at radius 1 is 1.18 bits per heavy atom. The van der Waals surface area contributed by atoms with Crippen molar-refractivity contribution >= 4 is 50.3 Å². The molecular weight excluding hydrogens is 372 g/mol. The van der Waals surface area contributed by atoms with E-state index in [9.17, 15) is 0 Å². The molecule has 3 aromatic heterocycles. The summed E-state index contributed by atoms with van der Waals surface area (Å²) in [5.74, 6) is 1.84. The molecule has 0 aliphatic heterocycles. The van der Waals surface area contributed by atoms with Crippen molar-refractivity contribution in [2.45, 2.75) is 25.7 Å². The molecule has 6 N–H and O–H groups in total. The molecule has 1 fully saturated rings. The lowest BCUT2D eigenvalue weighted by Gasteiger charge is -2.07. The van der Waals surface area contributed by atoms with Gasteiger partial charge in [-0.15, -0.1) is 0 Å². The molecule has 0 spiro atoms. The molecule has 0 atom stereocenters. The van der Waals surface area contributed by atoms with E-state index >= 15 is 0 Å². The van der Waals surface area contributed by atoms with E-state index in [2.05, 4.69) is 25.3 Å². The molecule has 0 saturated heterocycles. The maximum Gasteiger partial charge on any atom is 0.269 e. The summed E-state index contributed by atoms with van der Waals surface area (Å²) in [6.45, 7) is 0. The molecule has 1 saturated carbocycles. The SMILES string of the molecule is N=C([NH2+]c1ccc2ncc(Nc3ccncn3)cc2n1)SC(=[NH2+])C1CCCC1. The molecule has 0 bridgehead atoms. The summed E-state index contributed by atoms with van der Waals surface area (Å²) in [5.41, 5.74) is 2.33. The summed E-state index contributed by atoms with van der Waals surface area (Å²) >= 11 is 1.34. The van der Waals surface area contributed by atoms with Gasteiger partial charge in [-0.1, -0.05) is 12.8 Å². The van der Waals surface area contributed by atoms with Gasteiger partial charge in [-0.05, 0) is 31.0 Å². The van der Waals surface area contributed by atoms with E-state index in [-0.39, 0.29) is 0 Å². The van der Waals surface area contributed by atoms with Crippen molar-refractivity contribution in [1.29, 1.82) is 5.41 Å². The maximum absolute atomic E-state index is 8.24. The van der Waals surface area contributed by atoms with Crippen molar-refractivity contribution in [3.8, 4) is 0 Å². The van der Waals surface area contributed by atoms with E-state index in [1.165, 1.54) is 30.9 Å². The average molecular weight is 395 g/mol. The Bertz CT molecular complexity index is 1000. The number of fused-ring (bicyclic) bond motifs is 1. The first-order chi connectivity index (χ1) is 13.7. The molecule has 4 rings (SSSR count). The van der Waals surface area contributed by atoms with Crippen LogP contribution in [0.5, 0.6) is 0 Å². The number of quaternary nitrogens is 1. The van der Waals surface area contributed by atoms with Gasteiger partial charge in [0.25, 0.3) is 5.17 Å². The zero-order chi connectivity index (χ0) is 19.3. The highest BCUT2D eigenvalue weighted by atomic mass is 32.2. The van der Waals surface area contributed by atoms with E-state index in [1.807, 2.05) is 18.2 Å². The Balaban J connectivity index is 1.45. The van der Waals surface area contributed by atoms with Crippen molar-refractivity contribution in [2.24, 2.45) is 5.92 Å². The standard InChI is InChI=1S/C19H20N8S/c20-18(12-3-1-2-4-12)28-19(21)27-17-6-5-14-15(26-17)9-13(10-23-14)25-16-7-8-22-11-24-16/h5-12,20H,1-4H2,(H2,21,26,27)(H,22,24,25)/p+2. The lowest BCUT2D eigenvalue weighted by Crippen LogP contribution is -2.81. The molecule has 3 heterocycles. The van der Waals surface area contributed by atoms with Gasteiger partial charge in [0, 0.05) is 12.3 Å². The largest absolute Gasteiger partial charge is 0.339 e. The summed E-state index contributed by atoms with van der Waals surface area (Å²) in [5, 5.41) is 20.6. The Labute approximate surface area is 166 Å².